The maximum absolute atomic E-state index is 13.1. The zero-order valence-electron chi connectivity index (χ0n) is 28.7. The van der Waals surface area contributed by atoms with Gasteiger partial charge in [-0.25, -0.2) is 4.79 Å². The van der Waals surface area contributed by atoms with E-state index in [1.807, 2.05) is 71.9 Å². The quantitative estimate of drug-likeness (QED) is 0.108. The second-order valence-electron chi connectivity index (χ2n) is 13.4. The van der Waals surface area contributed by atoms with E-state index in [1.54, 1.807) is 36.4 Å². The van der Waals surface area contributed by atoms with E-state index in [2.05, 4.69) is 0 Å². The van der Waals surface area contributed by atoms with E-state index in [0.717, 1.165) is 38.9 Å². The number of carbonyl (C=O) groups excluding carboxylic acids is 3. The number of fused-ring (bicyclic) bond motifs is 3. The van der Waals surface area contributed by atoms with Gasteiger partial charge < -0.3 is 25.2 Å². The highest BCUT2D eigenvalue weighted by molar-refractivity contribution is 6.29. The molecule has 1 aliphatic carbocycles. The average molecular weight is 671 g/mol. The van der Waals surface area contributed by atoms with Gasteiger partial charge in [-0.15, -0.1) is 0 Å². The predicted octanol–water partition coefficient (Wildman–Crippen LogP) is 8.30. The summed E-state index contributed by atoms with van der Waals surface area (Å²) >= 11 is 0. The number of phenols is 4. The van der Waals surface area contributed by atoms with Gasteiger partial charge in [0.15, 0.2) is 28.7 Å². The number of carbonyl (C=O) groups is 3. The molecule has 50 heavy (non-hydrogen) atoms. The smallest absolute Gasteiger partial charge is 0.340 e. The molecule has 0 atom stereocenters. The largest absolute Gasteiger partial charge is 0.508 e. The molecule has 0 spiro atoms. The van der Waals surface area contributed by atoms with E-state index < -0.39 is 22.9 Å². The number of phenolic OH excluding ortho intramolecular Hbond substituents is 4. The van der Waals surface area contributed by atoms with Crippen molar-refractivity contribution in [3.8, 4) is 23.0 Å². The van der Waals surface area contributed by atoms with Crippen molar-refractivity contribution >= 4 is 17.5 Å². The van der Waals surface area contributed by atoms with Gasteiger partial charge >= 0.3 is 5.97 Å². The molecule has 0 unspecified atom stereocenters. The molecule has 0 aromatic heterocycles. The summed E-state index contributed by atoms with van der Waals surface area (Å²) in [6, 6.07) is 23.9. The minimum atomic E-state index is -1.17. The van der Waals surface area contributed by atoms with Crippen molar-refractivity contribution in [3.63, 3.8) is 0 Å². The van der Waals surface area contributed by atoms with E-state index in [9.17, 15) is 34.8 Å². The molecule has 2 aliphatic rings. The molecule has 5 aromatic rings. The minimum Gasteiger partial charge on any atom is -0.508 e. The summed E-state index contributed by atoms with van der Waals surface area (Å²) in [5.41, 5.74) is 5.59. The third-order valence-electron chi connectivity index (χ3n) is 9.57. The second kappa shape index (κ2) is 12.5. The molecule has 254 valence electrons. The van der Waals surface area contributed by atoms with Gasteiger partial charge in [0, 0.05) is 33.4 Å². The fraction of sp³-hybridized carbons (Fsp3) is 0.214. The van der Waals surface area contributed by atoms with Crippen LogP contribution in [-0.2, 0) is 10.3 Å². The highest BCUT2D eigenvalue weighted by atomic mass is 16.6. The highest BCUT2D eigenvalue weighted by Gasteiger charge is 2.50. The van der Waals surface area contributed by atoms with Crippen LogP contribution in [0.15, 0.2) is 84.9 Å². The molecule has 4 N–H and O–H groups in total. The highest BCUT2D eigenvalue weighted by Crippen LogP contribution is 2.51. The first-order chi connectivity index (χ1) is 23.7. The van der Waals surface area contributed by atoms with Crippen molar-refractivity contribution in [1.82, 2.24) is 0 Å². The molecule has 0 amide bonds. The van der Waals surface area contributed by atoms with Crippen molar-refractivity contribution < 1.29 is 39.5 Å². The Balaban J connectivity index is 0.000000202. The fourth-order valence-electron chi connectivity index (χ4n) is 7.02. The number of aromatic hydroxyl groups is 4. The van der Waals surface area contributed by atoms with Crippen LogP contribution in [0.1, 0.15) is 121 Å². The van der Waals surface area contributed by atoms with Gasteiger partial charge in [-0.1, -0.05) is 70.2 Å². The van der Waals surface area contributed by atoms with Crippen molar-refractivity contribution in [3.05, 3.63) is 152 Å². The van der Waals surface area contributed by atoms with Gasteiger partial charge in [0.1, 0.15) is 11.5 Å². The zero-order valence-corrected chi connectivity index (χ0v) is 28.7. The van der Waals surface area contributed by atoms with Gasteiger partial charge in [-0.2, -0.15) is 0 Å². The second-order valence-corrected chi connectivity index (χ2v) is 13.4. The SMILES string of the molecule is Cc1cc(O)c(C(C)C)cc1C1(c2cc(C(C)C)c(O)cc2C)OC(=O)c2ccccc21.O=C1c2ccccc2C(=O)c2c1ccc(O)c2O. The number of aryl methyl sites for hydroxylation is 2. The Bertz CT molecular complexity index is 2160. The molecule has 8 heteroatoms. The lowest BCUT2D eigenvalue weighted by atomic mass is 9.74. The van der Waals surface area contributed by atoms with Gasteiger partial charge in [0.05, 0.1) is 11.1 Å². The van der Waals surface area contributed by atoms with E-state index in [-0.39, 0.29) is 51.8 Å². The number of benzene rings is 5. The summed E-state index contributed by atoms with van der Waals surface area (Å²) in [4.78, 5) is 37.5. The number of ether oxygens (including phenoxy) is 1. The molecule has 7 rings (SSSR count). The lowest BCUT2D eigenvalue weighted by Gasteiger charge is -2.34. The van der Waals surface area contributed by atoms with Crippen LogP contribution in [0.3, 0.4) is 0 Å². The van der Waals surface area contributed by atoms with Gasteiger partial charge in [-0.05, 0) is 90.4 Å². The standard InChI is InChI=1S/C28H30O4.C14H8O4/c1-15(2)20-13-23(17(5)11-25(20)29)28(22-10-8-7-9-19(22)27(31)32-28)24-14-21(16(3)4)26(30)12-18(24)6;15-10-6-5-9-11(14(10)18)13(17)8-4-2-1-3-7(8)12(9)16/h7-16,29-30H,1-6H3;1-6,15,18H. The Morgan fingerprint density at radius 1 is 0.540 bits per heavy atom. The number of hydrogen-bond donors (Lipinski definition) is 4. The molecule has 0 saturated heterocycles. The monoisotopic (exact) mass is 670 g/mol. The summed E-state index contributed by atoms with van der Waals surface area (Å²) in [6.45, 7) is 12.0. The maximum atomic E-state index is 13.1. The van der Waals surface area contributed by atoms with Crippen LogP contribution < -0.4 is 0 Å². The molecule has 0 fully saturated rings. The van der Waals surface area contributed by atoms with E-state index in [1.165, 1.54) is 18.2 Å². The number of rotatable bonds is 4. The lowest BCUT2D eigenvalue weighted by Crippen LogP contribution is -2.32. The first-order valence-electron chi connectivity index (χ1n) is 16.4. The summed E-state index contributed by atoms with van der Waals surface area (Å²) < 4.78 is 6.30. The molecular weight excluding hydrogens is 632 g/mol. The Hall–Kier alpha value is -5.89. The van der Waals surface area contributed by atoms with Crippen LogP contribution in [0.5, 0.6) is 23.0 Å². The van der Waals surface area contributed by atoms with Gasteiger partial charge in [0.2, 0.25) is 0 Å². The van der Waals surface area contributed by atoms with Crippen LogP contribution in [-0.4, -0.2) is 38.0 Å². The number of hydrogen-bond acceptors (Lipinski definition) is 8. The van der Waals surface area contributed by atoms with E-state index >= 15 is 0 Å². The van der Waals surface area contributed by atoms with Crippen molar-refractivity contribution in [2.45, 2.75) is 59.0 Å². The Kier molecular flexibility index (Phi) is 8.52. The van der Waals surface area contributed by atoms with E-state index in [0.29, 0.717) is 11.1 Å². The van der Waals surface area contributed by atoms with Crippen molar-refractivity contribution in [2.75, 3.05) is 0 Å². The molecule has 0 saturated carbocycles. The Morgan fingerprint density at radius 3 is 1.54 bits per heavy atom. The zero-order chi connectivity index (χ0) is 36.2. The summed E-state index contributed by atoms with van der Waals surface area (Å²) in [7, 11) is 0. The average Bonchev–Trinajstić information content (AvgIpc) is 3.37. The normalized spacial score (nSPS) is 14.1. The maximum Gasteiger partial charge on any atom is 0.340 e. The predicted molar refractivity (Wildman–Crippen MR) is 189 cm³/mol. The first kappa shape index (κ1) is 34.0. The van der Waals surface area contributed by atoms with Gasteiger partial charge in [0.25, 0.3) is 0 Å². The summed E-state index contributed by atoms with van der Waals surface area (Å²) in [5.74, 6) is -1.45. The number of ketones is 2. The number of esters is 1. The third-order valence-corrected chi connectivity index (χ3v) is 9.57. The fourth-order valence-corrected chi connectivity index (χ4v) is 7.02. The molecule has 8 nitrogen and oxygen atoms in total. The van der Waals surface area contributed by atoms with Crippen LogP contribution in [0.4, 0.5) is 0 Å². The molecule has 1 aliphatic heterocycles. The summed E-state index contributed by atoms with van der Waals surface area (Å²) in [5, 5.41) is 40.3. The number of cyclic esters (lactones) is 1. The molecule has 1 heterocycles. The van der Waals surface area contributed by atoms with Crippen molar-refractivity contribution in [2.24, 2.45) is 0 Å². The lowest BCUT2D eigenvalue weighted by molar-refractivity contribution is 0.0247. The summed E-state index contributed by atoms with van der Waals surface area (Å²) in [6.07, 6.45) is 0. The van der Waals surface area contributed by atoms with Crippen LogP contribution in [0.25, 0.3) is 0 Å². The van der Waals surface area contributed by atoms with Gasteiger partial charge in [-0.3, -0.25) is 9.59 Å². The first-order valence-corrected chi connectivity index (χ1v) is 16.4. The van der Waals surface area contributed by atoms with Crippen LogP contribution >= 0.6 is 0 Å². The molecule has 0 radical (unpaired) electrons. The Morgan fingerprint density at radius 2 is 1.02 bits per heavy atom. The molecule has 0 bridgehead atoms. The van der Waals surface area contributed by atoms with E-state index in [4.69, 9.17) is 4.74 Å². The topological polar surface area (TPSA) is 141 Å². The minimum absolute atomic E-state index is 0.0888. The molecular formula is C42H38O8. The Labute approximate surface area is 290 Å². The van der Waals surface area contributed by atoms with Crippen molar-refractivity contribution in [1.29, 1.82) is 0 Å². The van der Waals surface area contributed by atoms with Crippen LogP contribution in [0, 0.1) is 13.8 Å². The van der Waals surface area contributed by atoms with Crippen LogP contribution in [0.2, 0.25) is 0 Å². The molecule has 5 aromatic carbocycles. The third kappa shape index (κ3) is 5.28.